The van der Waals surface area contributed by atoms with Gasteiger partial charge in [-0.1, -0.05) is 0 Å². The van der Waals surface area contributed by atoms with Gasteiger partial charge in [0.2, 0.25) is 5.91 Å². The van der Waals surface area contributed by atoms with E-state index < -0.39 is 0 Å². The molecule has 4 heteroatoms. The number of hydrogen-bond donors (Lipinski definition) is 1. The van der Waals surface area contributed by atoms with Gasteiger partial charge < -0.3 is 15.0 Å². The maximum Gasteiger partial charge on any atom is 0.225 e. The summed E-state index contributed by atoms with van der Waals surface area (Å²) in [6, 6.07) is 0. The van der Waals surface area contributed by atoms with Crippen molar-refractivity contribution in [2.24, 2.45) is 5.92 Å². The zero-order chi connectivity index (χ0) is 8.97. The molecule has 0 aromatic rings. The molecule has 0 atom stereocenters. The minimum absolute atomic E-state index is 0.0787. The number of carbonyl (C=O) groups excluding carboxylic acids is 2. The van der Waals surface area contributed by atoms with Crippen molar-refractivity contribution in [2.75, 3.05) is 26.7 Å². The fourth-order valence-corrected chi connectivity index (χ4v) is 1.26. The van der Waals surface area contributed by atoms with Gasteiger partial charge in [0.15, 0.2) is 0 Å². The van der Waals surface area contributed by atoms with Crippen LogP contribution in [0, 0.1) is 5.92 Å². The van der Waals surface area contributed by atoms with E-state index in [-0.39, 0.29) is 11.8 Å². The smallest absolute Gasteiger partial charge is 0.225 e. The molecule has 12 heavy (non-hydrogen) atoms. The summed E-state index contributed by atoms with van der Waals surface area (Å²) < 4.78 is 0. The van der Waals surface area contributed by atoms with Crippen LogP contribution in [0.2, 0.25) is 0 Å². The Morgan fingerprint density at radius 2 is 2.33 bits per heavy atom. The molecule has 1 fully saturated rings. The first-order valence-corrected chi connectivity index (χ1v) is 4.14. The van der Waals surface area contributed by atoms with Crippen LogP contribution in [0.1, 0.15) is 6.42 Å². The molecule has 68 valence electrons. The molecule has 0 unspecified atom stereocenters. The monoisotopic (exact) mass is 170 g/mol. The number of amides is 1. The number of likely N-dealkylation sites (tertiary alicyclic amines) is 1. The van der Waals surface area contributed by atoms with Gasteiger partial charge in [0.25, 0.3) is 0 Å². The summed E-state index contributed by atoms with van der Waals surface area (Å²) in [7, 11) is 1.98. The predicted molar refractivity (Wildman–Crippen MR) is 44.7 cm³/mol. The molecule has 0 bridgehead atoms. The van der Waals surface area contributed by atoms with Gasteiger partial charge in [0.05, 0.1) is 5.92 Å². The van der Waals surface area contributed by atoms with Crippen LogP contribution in [0.5, 0.6) is 0 Å². The Hall–Kier alpha value is -0.900. The molecule has 1 amide bonds. The highest BCUT2D eigenvalue weighted by atomic mass is 16.2. The van der Waals surface area contributed by atoms with E-state index in [1.807, 2.05) is 7.05 Å². The molecule has 0 aliphatic carbocycles. The van der Waals surface area contributed by atoms with E-state index in [4.69, 9.17) is 0 Å². The van der Waals surface area contributed by atoms with Crippen molar-refractivity contribution >= 4 is 12.2 Å². The highest BCUT2D eigenvalue weighted by Gasteiger charge is 2.29. The van der Waals surface area contributed by atoms with Crippen LogP contribution in [0.15, 0.2) is 0 Å². The van der Waals surface area contributed by atoms with E-state index in [9.17, 15) is 9.59 Å². The summed E-state index contributed by atoms with van der Waals surface area (Å²) in [5.74, 6) is 0.219. The van der Waals surface area contributed by atoms with Gasteiger partial charge in [-0.05, 0) is 7.05 Å². The second kappa shape index (κ2) is 4.21. The van der Waals surface area contributed by atoms with Crippen molar-refractivity contribution in [1.82, 2.24) is 10.2 Å². The van der Waals surface area contributed by atoms with Crippen LogP contribution >= 0.6 is 0 Å². The van der Waals surface area contributed by atoms with Gasteiger partial charge in [-0.3, -0.25) is 4.79 Å². The fraction of sp³-hybridized carbons (Fsp3) is 0.750. The van der Waals surface area contributed by atoms with Crippen molar-refractivity contribution in [3.63, 3.8) is 0 Å². The van der Waals surface area contributed by atoms with Gasteiger partial charge >= 0.3 is 0 Å². The number of hydrogen-bond acceptors (Lipinski definition) is 3. The molecule has 0 aromatic carbocycles. The Kier molecular flexibility index (Phi) is 3.22. The van der Waals surface area contributed by atoms with Gasteiger partial charge in [0, 0.05) is 26.1 Å². The standard InChI is InChI=1S/C8H14N2O2/c1-10-5-7(6-10)8(12)9-3-2-4-11/h4,7H,2-3,5-6H2,1H3,(H,9,12). The summed E-state index contributed by atoms with van der Waals surface area (Å²) in [5, 5.41) is 2.71. The van der Waals surface area contributed by atoms with Crippen LogP contribution in [0.3, 0.4) is 0 Å². The minimum atomic E-state index is 0.0787. The molecule has 1 rings (SSSR count). The number of carbonyl (C=O) groups is 2. The quantitative estimate of drug-likeness (QED) is 0.446. The molecule has 4 nitrogen and oxygen atoms in total. The van der Waals surface area contributed by atoms with Gasteiger partial charge in [-0.2, -0.15) is 0 Å². The van der Waals surface area contributed by atoms with Crippen LogP contribution in [0.25, 0.3) is 0 Å². The maximum atomic E-state index is 11.2. The first kappa shape index (κ1) is 9.19. The first-order valence-electron chi connectivity index (χ1n) is 4.14. The predicted octanol–water partition coefficient (Wildman–Crippen LogP) is -0.747. The molecule has 1 heterocycles. The summed E-state index contributed by atoms with van der Waals surface area (Å²) in [4.78, 5) is 23.2. The van der Waals surface area contributed by atoms with Crippen molar-refractivity contribution in [3.8, 4) is 0 Å². The Bertz CT molecular complexity index is 176. The highest BCUT2D eigenvalue weighted by Crippen LogP contribution is 2.11. The molecule has 0 saturated carbocycles. The third-order valence-corrected chi connectivity index (χ3v) is 2.00. The lowest BCUT2D eigenvalue weighted by molar-refractivity contribution is -0.129. The van der Waals surface area contributed by atoms with Crippen molar-refractivity contribution in [1.29, 1.82) is 0 Å². The lowest BCUT2D eigenvalue weighted by atomic mass is 10.0. The third kappa shape index (κ3) is 2.30. The van der Waals surface area contributed by atoms with E-state index in [0.717, 1.165) is 19.4 Å². The zero-order valence-corrected chi connectivity index (χ0v) is 7.25. The lowest BCUT2D eigenvalue weighted by Gasteiger charge is -2.34. The third-order valence-electron chi connectivity index (χ3n) is 2.00. The number of aldehydes is 1. The summed E-state index contributed by atoms with van der Waals surface area (Å²) in [6.45, 7) is 2.16. The average Bonchev–Trinajstić information content (AvgIpc) is 1.99. The van der Waals surface area contributed by atoms with Gasteiger partial charge in [0.1, 0.15) is 6.29 Å². The Morgan fingerprint density at radius 3 is 2.83 bits per heavy atom. The van der Waals surface area contributed by atoms with Crippen molar-refractivity contribution in [3.05, 3.63) is 0 Å². The second-order valence-corrected chi connectivity index (χ2v) is 3.16. The van der Waals surface area contributed by atoms with Crippen LogP contribution < -0.4 is 5.32 Å². The van der Waals surface area contributed by atoms with Crippen molar-refractivity contribution in [2.45, 2.75) is 6.42 Å². The maximum absolute atomic E-state index is 11.2. The Morgan fingerprint density at radius 1 is 1.67 bits per heavy atom. The number of nitrogens with zero attached hydrogens (tertiary/aromatic N) is 1. The molecular formula is C8H14N2O2. The van der Waals surface area contributed by atoms with E-state index in [1.165, 1.54) is 0 Å². The normalized spacial score (nSPS) is 18.4. The second-order valence-electron chi connectivity index (χ2n) is 3.16. The summed E-state index contributed by atoms with van der Waals surface area (Å²) >= 11 is 0. The Balaban J connectivity index is 2.08. The van der Waals surface area contributed by atoms with Crippen LogP contribution in [0.4, 0.5) is 0 Å². The zero-order valence-electron chi connectivity index (χ0n) is 7.25. The fourth-order valence-electron chi connectivity index (χ4n) is 1.26. The van der Waals surface area contributed by atoms with Gasteiger partial charge in [-0.15, -0.1) is 0 Å². The SMILES string of the molecule is CN1CC(C(=O)NCCC=O)C1. The largest absolute Gasteiger partial charge is 0.355 e. The van der Waals surface area contributed by atoms with E-state index in [2.05, 4.69) is 10.2 Å². The van der Waals surface area contributed by atoms with E-state index in [0.29, 0.717) is 13.0 Å². The molecular weight excluding hydrogens is 156 g/mol. The molecule has 1 aliphatic rings. The Labute approximate surface area is 71.9 Å². The van der Waals surface area contributed by atoms with Crippen LogP contribution in [-0.2, 0) is 9.59 Å². The van der Waals surface area contributed by atoms with E-state index in [1.54, 1.807) is 0 Å². The molecule has 1 N–H and O–H groups in total. The minimum Gasteiger partial charge on any atom is -0.355 e. The topological polar surface area (TPSA) is 49.4 Å². The first-order chi connectivity index (χ1) is 5.74. The molecule has 0 spiro atoms. The average molecular weight is 170 g/mol. The molecule has 1 aliphatic heterocycles. The number of rotatable bonds is 4. The summed E-state index contributed by atoms with van der Waals surface area (Å²) in [6.07, 6.45) is 1.22. The summed E-state index contributed by atoms with van der Waals surface area (Å²) in [5.41, 5.74) is 0. The molecule has 0 radical (unpaired) electrons. The molecule has 0 aromatic heterocycles. The van der Waals surface area contributed by atoms with Crippen LogP contribution in [-0.4, -0.2) is 43.8 Å². The van der Waals surface area contributed by atoms with Crippen molar-refractivity contribution < 1.29 is 9.59 Å². The van der Waals surface area contributed by atoms with Gasteiger partial charge in [-0.25, -0.2) is 0 Å². The molecule has 1 saturated heterocycles. The van der Waals surface area contributed by atoms with E-state index >= 15 is 0 Å². The number of nitrogens with one attached hydrogen (secondary N) is 1. The lowest BCUT2D eigenvalue weighted by Crippen LogP contribution is -2.51. The highest BCUT2D eigenvalue weighted by molar-refractivity contribution is 5.80.